The molecule has 2 aliphatic rings. The molecule has 1 aromatic rings. The quantitative estimate of drug-likeness (QED) is 0.668. The van der Waals surface area contributed by atoms with E-state index in [0.29, 0.717) is 18.4 Å². The standard InChI is InChI=1S/C18H18O3/c1-11(2)18(20)21-17-14-8-4-3-7-13(14)16-10-12(19)6-5-9-15(16)17/h3-5,7-9,12,17,19H,1,6,10H2,2H3/t12-,17?/m0/s1. The second-order valence-electron chi connectivity index (χ2n) is 5.58. The molecule has 0 saturated carbocycles. The van der Waals surface area contributed by atoms with Crippen molar-refractivity contribution < 1.29 is 14.6 Å². The molecule has 0 fully saturated rings. The van der Waals surface area contributed by atoms with Crippen molar-refractivity contribution in [2.45, 2.75) is 32.0 Å². The molecule has 0 aliphatic heterocycles. The number of carbonyl (C=O) groups excluding carboxylic acids is 1. The minimum absolute atomic E-state index is 0.387. The van der Waals surface area contributed by atoms with Crippen molar-refractivity contribution in [3.63, 3.8) is 0 Å². The Hall–Kier alpha value is -2.13. The van der Waals surface area contributed by atoms with Crippen molar-refractivity contribution >= 4 is 11.5 Å². The summed E-state index contributed by atoms with van der Waals surface area (Å²) in [7, 11) is 0. The lowest BCUT2D eigenvalue weighted by Crippen LogP contribution is -2.11. The van der Waals surface area contributed by atoms with E-state index in [1.807, 2.05) is 36.4 Å². The Morgan fingerprint density at radius 1 is 1.38 bits per heavy atom. The Balaban J connectivity index is 2.05. The lowest BCUT2D eigenvalue weighted by atomic mass is 10.00. The molecule has 0 bridgehead atoms. The highest BCUT2D eigenvalue weighted by molar-refractivity contribution is 5.89. The number of esters is 1. The molecular formula is C18H18O3. The van der Waals surface area contributed by atoms with Crippen molar-refractivity contribution in [1.29, 1.82) is 0 Å². The fraction of sp³-hybridized carbons (Fsp3) is 0.278. The minimum atomic E-state index is -0.401. The van der Waals surface area contributed by atoms with Gasteiger partial charge in [-0.3, -0.25) is 0 Å². The highest BCUT2D eigenvalue weighted by atomic mass is 16.5. The zero-order valence-electron chi connectivity index (χ0n) is 12.0. The second-order valence-corrected chi connectivity index (χ2v) is 5.58. The Morgan fingerprint density at radius 2 is 2.14 bits per heavy atom. The summed E-state index contributed by atoms with van der Waals surface area (Å²) < 4.78 is 5.63. The largest absolute Gasteiger partial charge is 0.449 e. The van der Waals surface area contributed by atoms with Crippen LogP contribution in [0.15, 0.2) is 54.1 Å². The maximum atomic E-state index is 11.9. The van der Waals surface area contributed by atoms with Gasteiger partial charge in [-0.2, -0.15) is 0 Å². The molecule has 3 nitrogen and oxygen atoms in total. The molecule has 0 aromatic heterocycles. The number of carbonyl (C=O) groups is 1. The first kappa shape index (κ1) is 13.8. The van der Waals surface area contributed by atoms with Crippen molar-refractivity contribution in [3.8, 4) is 0 Å². The molecule has 21 heavy (non-hydrogen) atoms. The van der Waals surface area contributed by atoms with Gasteiger partial charge >= 0.3 is 5.97 Å². The van der Waals surface area contributed by atoms with E-state index < -0.39 is 12.2 Å². The van der Waals surface area contributed by atoms with E-state index in [0.717, 1.165) is 22.3 Å². The molecule has 3 rings (SSSR count). The third-order valence-electron chi connectivity index (χ3n) is 3.92. The Bertz CT molecular complexity index is 667. The number of hydrogen-bond acceptors (Lipinski definition) is 3. The van der Waals surface area contributed by atoms with Crippen molar-refractivity contribution in [2.75, 3.05) is 0 Å². The molecule has 0 heterocycles. The summed E-state index contributed by atoms with van der Waals surface area (Å²) in [6.45, 7) is 5.28. The molecule has 0 amide bonds. The van der Waals surface area contributed by atoms with Crippen LogP contribution in [0.25, 0.3) is 5.57 Å². The van der Waals surface area contributed by atoms with E-state index in [-0.39, 0.29) is 5.97 Å². The monoisotopic (exact) mass is 282 g/mol. The van der Waals surface area contributed by atoms with Crippen LogP contribution in [0, 0.1) is 0 Å². The zero-order chi connectivity index (χ0) is 15.0. The summed E-state index contributed by atoms with van der Waals surface area (Å²) in [5.41, 5.74) is 4.49. The molecular weight excluding hydrogens is 264 g/mol. The lowest BCUT2D eigenvalue weighted by Gasteiger charge is -2.16. The molecule has 3 heteroatoms. The normalized spacial score (nSPS) is 23.3. The topological polar surface area (TPSA) is 46.5 Å². The molecule has 0 spiro atoms. The van der Waals surface area contributed by atoms with Crippen LogP contribution in [0.1, 0.15) is 37.0 Å². The van der Waals surface area contributed by atoms with E-state index in [1.165, 1.54) is 0 Å². The molecule has 2 atom stereocenters. The predicted molar refractivity (Wildman–Crippen MR) is 81.4 cm³/mol. The first-order valence-corrected chi connectivity index (χ1v) is 7.11. The van der Waals surface area contributed by atoms with Crippen LogP contribution in [0.4, 0.5) is 0 Å². The molecule has 0 radical (unpaired) electrons. The van der Waals surface area contributed by atoms with E-state index in [9.17, 15) is 9.90 Å². The maximum absolute atomic E-state index is 11.9. The van der Waals surface area contributed by atoms with Gasteiger partial charge in [-0.25, -0.2) is 4.79 Å². The smallest absolute Gasteiger partial charge is 0.334 e. The summed E-state index contributed by atoms with van der Waals surface area (Å²) in [5.74, 6) is -0.387. The van der Waals surface area contributed by atoms with E-state index in [4.69, 9.17) is 4.74 Å². The van der Waals surface area contributed by atoms with Gasteiger partial charge in [-0.05, 0) is 30.9 Å². The summed E-state index contributed by atoms with van der Waals surface area (Å²) in [6, 6.07) is 7.89. The molecule has 1 N–H and O–H groups in total. The SMILES string of the molecule is C=C(C)C(=O)OC1C2=C(C[C@@H](O)CC=C2)c2ccccc21. The average Bonchev–Trinajstić information content (AvgIpc) is 2.61. The molecule has 2 aliphatic carbocycles. The molecule has 1 aromatic carbocycles. The van der Waals surface area contributed by atoms with Gasteiger partial charge in [0.25, 0.3) is 0 Å². The average molecular weight is 282 g/mol. The number of hydrogen-bond donors (Lipinski definition) is 1. The Labute approximate surface area is 124 Å². The second kappa shape index (κ2) is 5.34. The van der Waals surface area contributed by atoms with Crippen LogP contribution in [0.5, 0.6) is 0 Å². The van der Waals surface area contributed by atoms with E-state index in [2.05, 4.69) is 6.58 Å². The lowest BCUT2D eigenvalue weighted by molar-refractivity contribution is -0.142. The van der Waals surface area contributed by atoms with Gasteiger partial charge in [0.1, 0.15) is 0 Å². The summed E-state index contributed by atoms with van der Waals surface area (Å²) >= 11 is 0. The van der Waals surface area contributed by atoms with Gasteiger partial charge in [-0.1, -0.05) is 43.0 Å². The number of aliphatic hydroxyl groups excluding tert-OH is 1. The number of rotatable bonds is 2. The van der Waals surface area contributed by atoms with Gasteiger partial charge in [0.15, 0.2) is 6.10 Å². The van der Waals surface area contributed by atoms with Gasteiger partial charge in [-0.15, -0.1) is 0 Å². The molecule has 108 valence electrons. The summed E-state index contributed by atoms with van der Waals surface area (Å²) in [5, 5.41) is 10.0. The van der Waals surface area contributed by atoms with Crippen molar-refractivity contribution in [1.82, 2.24) is 0 Å². The first-order chi connectivity index (χ1) is 10.1. The van der Waals surface area contributed by atoms with Crippen molar-refractivity contribution in [3.05, 3.63) is 65.3 Å². The Morgan fingerprint density at radius 3 is 2.90 bits per heavy atom. The third kappa shape index (κ3) is 2.45. The molecule has 1 unspecified atom stereocenters. The Kier molecular flexibility index (Phi) is 3.52. The number of aliphatic hydroxyl groups is 1. The van der Waals surface area contributed by atoms with E-state index in [1.54, 1.807) is 6.92 Å². The number of ether oxygens (including phenoxy) is 1. The highest BCUT2D eigenvalue weighted by Gasteiger charge is 2.34. The van der Waals surface area contributed by atoms with Crippen LogP contribution in [-0.2, 0) is 9.53 Å². The number of fused-ring (bicyclic) bond motifs is 2. The van der Waals surface area contributed by atoms with Gasteiger partial charge in [0.2, 0.25) is 0 Å². The summed E-state index contributed by atoms with van der Waals surface area (Å²) in [4.78, 5) is 11.9. The van der Waals surface area contributed by atoms with Gasteiger partial charge in [0, 0.05) is 16.7 Å². The van der Waals surface area contributed by atoms with Crippen LogP contribution < -0.4 is 0 Å². The van der Waals surface area contributed by atoms with E-state index >= 15 is 0 Å². The highest BCUT2D eigenvalue weighted by Crippen LogP contribution is 2.46. The maximum Gasteiger partial charge on any atom is 0.334 e. The van der Waals surface area contributed by atoms with Crippen molar-refractivity contribution in [2.24, 2.45) is 0 Å². The first-order valence-electron chi connectivity index (χ1n) is 7.11. The van der Waals surface area contributed by atoms with Gasteiger partial charge in [0.05, 0.1) is 6.10 Å². The van der Waals surface area contributed by atoms with Crippen LogP contribution in [0.2, 0.25) is 0 Å². The zero-order valence-corrected chi connectivity index (χ0v) is 12.0. The van der Waals surface area contributed by atoms with Crippen LogP contribution >= 0.6 is 0 Å². The third-order valence-corrected chi connectivity index (χ3v) is 3.92. The van der Waals surface area contributed by atoms with Gasteiger partial charge < -0.3 is 9.84 Å². The fourth-order valence-corrected chi connectivity index (χ4v) is 2.90. The predicted octanol–water partition coefficient (Wildman–Crippen LogP) is 3.33. The van der Waals surface area contributed by atoms with Crippen LogP contribution in [0.3, 0.4) is 0 Å². The molecule has 0 saturated heterocycles. The van der Waals surface area contributed by atoms with Crippen LogP contribution in [-0.4, -0.2) is 17.2 Å². The minimum Gasteiger partial charge on any atom is -0.449 e. The number of benzene rings is 1. The summed E-state index contributed by atoms with van der Waals surface area (Å²) in [6.07, 6.45) is 4.33. The fourth-order valence-electron chi connectivity index (χ4n) is 2.90.